The van der Waals surface area contributed by atoms with Gasteiger partial charge in [0.25, 0.3) is 0 Å². The number of hydrogen-bond acceptors (Lipinski definition) is 1. The number of fused-ring (bicyclic) bond motifs is 5. The van der Waals surface area contributed by atoms with Gasteiger partial charge in [-0.25, -0.2) is 0 Å². The summed E-state index contributed by atoms with van der Waals surface area (Å²) in [6.07, 6.45) is 6.92. The third-order valence-corrected chi connectivity index (χ3v) is 11.5. The minimum absolute atomic E-state index is 0.0145. The van der Waals surface area contributed by atoms with E-state index in [0.717, 1.165) is 36.5 Å². The molecule has 0 spiro atoms. The van der Waals surface area contributed by atoms with Crippen molar-refractivity contribution >= 4 is 0 Å². The van der Waals surface area contributed by atoms with Gasteiger partial charge in [-0.1, -0.05) is 53.9 Å². The van der Waals surface area contributed by atoms with Gasteiger partial charge in [0.05, 0.1) is 0 Å². The normalized spacial score (nSPS) is 47.6. The molecule has 186 valence electrons. The molecule has 0 aliphatic heterocycles. The SMILES string of the molecule is CC(C)CCC[C@@H](C)[C@H]1CCC2[C@@H]3CC[C@H]4CC(O)(C(F)(F)F)CC[C@]4(C)[C@H]3CC[C@@]21C. The molecule has 4 rings (SSSR count). The van der Waals surface area contributed by atoms with E-state index in [0.29, 0.717) is 23.7 Å². The van der Waals surface area contributed by atoms with Crippen LogP contribution in [0.15, 0.2) is 0 Å². The van der Waals surface area contributed by atoms with Crippen LogP contribution in [0.25, 0.3) is 0 Å². The predicted molar refractivity (Wildman–Crippen MR) is 124 cm³/mol. The predicted octanol–water partition coefficient (Wildman–Crippen LogP) is 8.40. The zero-order valence-electron chi connectivity index (χ0n) is 21.1. The average Bonchev–Trinajstić information content (AvgIpc) is 3.04. The van der Waals surface area contributed by atoms with E-state index in [2.05, 4.69) is 34.6 Å². The monoisotopic (exact) mass is 456 g/mol. The lowest BCUT2D eigenvalue weighted by atomic mass is 9.43. The molecule has 9 atom stereocenters. The molecule has 0 aromatic carbocycles. The van der Waals surface area contributed by atoms with Crippen LogP contribution < -0.4 is 0 Å². The van der Waals surface area contributed by atoms with E-state index >= 15 is 0 Å². The van der Waals surface area contributed by atoms with Gasteiger partial charge in [-0.05, 0) is 110 Å². The van der Waals surface area contributed by atoms with E-state index in [1.807, 2.05) is 0 Å². The molecule has 1 nitrogen and oxygen atoms in total. The van der Waals surface area contributed by atoms with Crippen molar-refractivity contribution in [3.63, 3.8) is 0 Å². The zero-order chi connectivity index (χ0) is 23.5. The molecule has 4 saturated carbocycles. The van der Waals surface area contributed by atoms with Gasteiger partial charge in [0.2, 0.25) is 0 Å². The van der Waals surface area contributed by atoms with Crippen LogP contribution in [0, 0.1) is 52.3 Å². The first-order chi connectivity index (χ1) is 14.8. The van der Waals surface area contributed by atoms with Gasteiger partial charge in [0.15, 0.2) is 5.60 Å². The van der Waals surface area contributed by atoms with Gasteiger partial charge in [0.1, 0.15) is 0 Å². The average molecular weight is 457 g/mol. The first-order valence-electron chi connectivity index (χ1n) is 13.6. The third kappa shape index (κ3) is 3.97. The van der Waals surface area contributed by atoms with E-state index in [1.165, 1.54) is 44.9 Å². The number of halogens is 3. The number of aliphatic hydroxyl groups is 1. The Bertz CT molecular complexity index is 674. The van der Waals surface area contributed by atoms with Gasteiger partial charge in [-0.2, -0.15) is 13.2 Å². The molecule has 0 heterocycles. The lowest BCUT2D eigenvalue weighted by molar-refractivity contribution is -0.290. The Kier molecular flexibility index (Phi) is 6.57. The molecular formula is C28H47F3O. The van der Waals surface area contributed by atoms with Gasteiger partial charge in [0, 0.05) is 0 Å². The first kappa shape index (κ1) is 24.9. The van der Waals surface area contributed by atoms with Crippen molar-refractivity contribution < 1.29 is 18.3 Å². The summed E-state index contributed by atoms with van der Waals surface area (Å²) in [5.74, 6) is 4.37. The number of rotatable bonds is 5. The summed E-state index contributed by atoms with van der Waals surface area (Å²) in [4.78, 5) is 0. The largest absolute Gasteiger partial charge is 0.417 e. The van der Waals surface area contributed by atoms with Gasteiger partial charge < -0.3 is 5.11 Å². The smallest absolute Gasteiger partial charge is 0.380 e. The minimum Gasteiger partial charge on any atom is -0.380 e. The van der Waals surface area contributed by atoms with Crippen LogP contribution >= 0.6 is 0 Å². The van der Waals surface area contributed by atoms with Crippen molar-refractivity contribution in [3.05, 3.63) is 0 Å². The summed E-state index contributed by atoms with van der Waals surface area (Å²) in [7, 11) is 0. The van der Waals surface area contributed by atoms with E-state index in [9.17, 15) is 18.3 Å². The second-order valence-corrected chi connectivity index (χ2v) is 13.4. The fourth-order valence-electron chi connectivity index (χ4n) is 9.53. The van der Waals surface area contributed by atoms with Crippen molar-refractivity contribution in [1.29, 1.82) is 0 Å². The Morgan fingerprint density at radius 3 is 2.19 bits per heavy atom. The lowest BCUT2D eigenvalue weighted by Gasteiger charge is -2.62. The second kappa shape index (κ2) is 8.45. The molecule has 0 aromatic heterocycles. The second-order valence-electron chi connectivity index (χ2n) is 13.4. The Labute approximate surface area is 194 Å². The Hall–Kier alpha value is -0.250. The zero-order valence-corrected chi connectivity index (χ0v) is 21.1. The number of alkyl halides is 3. The highest BCUT2D eigenvalue weighted by atomic mass is 19.4. The van der Waals surface area contributed by atoms with Crippen LogP contribution in [0.3, 0.4) is 0 Å². The van der Waals surface area contributed by atoms with E-state index in [1.54, 1.807) is 0 Å². The molecular weight excluding hydrogens is 409 g/mol. The molecule has 4 aliphatic carbocycles. The Balaban J connectivity index is 1.47. The fraction of sp³-hybridized carbons (Fsp3) is 1.00. The van der Waals surface area contributed by atoms with Crippen LogP contribution in [0.5, 0.6) is 0 Å². The summed E-state index contributed by atoms with van der Waals surface area (Å²) >= 11 is 0. The standard InChI is InChI=1S/C28H47F3O/c1-18(2)7-6-8-19(3)22-11-12-23-21-10-9-20-17-27(32,28(29,30)31)16-15-25(20,4)24(21)13-14-26(22,23)5/h18-24,32H,6-17H2,1-5H3/t19-,20+,21+,22-,23?,24+,25+,26-,27?/m1/s1. The fourth-order valence-corrected chi connectivity index (χ4v) is 9.53. The summed E-state index contributed by atoms with van der Waals surface area (Å²) in [6, 6.07) is 0. The summed E-state index contributed by atoms with van der Waals surface area (Å²) < 4.78 is 40.7. The summed E-state index contributed by atoms with van der Waals surface area (Å²) in [5.41, 5.74) is -2.07. The molecule has 4 aliphatic rings. The molecule has 4 heteroatoms. The van der Waals surface area contributed by atoms with Crippen LogP contribution in [-0.2, 0) is 0 Å². The maximum atomic E-state index is 13.6. The first-order valence-corrected chi connectivity index (χ1v) is 13.6. The highest BCUT2D eigenvalue weighted by Gasteiger charge is 2.65. The number of hydrogen-bond donors (Lipinski definition) is 1. The van der Waals surface area contributed by atoms with Crippen molar-refractivity contribution in [2.45, 2.75) is 123 Å². The Morgan fingerprint density at radius 2 is 1.53 bits per heavy atom. The summed E-state index contributed by atoms with van der Waals surface area (Å²) in [5, 5.41) is 10.4. The quantitative estimate of drug-likeness (QED) is 0.440. The van der Waals surface area contributed by atoms with Crippen LogP contribution in [0.1, 0.15) is 112 Å². The molecule has 32 heavy (non-hydrogen) atoms. The van der Waals surface area contributed by atoms with Crippen molar-refractivity contribution in [2.75, 3.05) is 0 Å². The van der Waals surface area contributed by atoms with Crippen molar-refractivity contribution in [3.8, 4) is 0 Å². The maximum absolute atomic E-state index is 13.6. The van der Waals surface area contributed by atoms with E-state index in [4.69, 9.17) is 0 Å². The third-order valence-electron chi connectivity index (χ3n) is 11.5. The lowest BCUT2D eigenvalue weighted by Crippen LogP contribution is -2.59. The van der Waals surface area contributed by atoms with E-state index in [-0.39, 0.29) is 24.2 Å². The molecule has 2 unspecified atom stereocenters. The molecule has 0 amide bonds. The Morgan fingerprint density at radius 1 is 0.844 bits per heavy atom. The molecule has 4 fully saturated rings. The molecule has 0 aromatic rings. The van der Waals surface area contributed by atoms with Crippen molar-refractivity contribution in [2.24, 2.45) is 52.3 Å². The molecule has 1 N–H and O–H groups in total. The van der Waals surface area contributed by atoms with Crippen molar-refractivity contribution in [1.82, 2.24) is 0 Å². The maximum Gasteiger partial charge on any atom is 0.417 e. The van der Waals surface area contributed by atoms with Crippen LogP contribution in [0.4, 0.5) is 13.2 Å². The van der Waals surface area contributed by atoms with Gasteiger partial charge in [-0.15, -0.1) is 0 Å². The van der Waals surface area contributed by atoms with Gasteiger partial charge in [-0.3, -0.25) is 0 Å². The van der Waals surface area contributed by atoms with E-state index < -0.39 is 11.8 Å². The van der Waals surface area contributed by atoms with Crippen LogP contribution in [0.2, 0.25) is 0 Å². The topological polar surface area (TPSA) is 20.2 Å². The molecule has 0 saturated heterocycles. The van der Waals surface area contributed by atoms with Crippen LogP contribution in [-0.4, -0.2) is 16.9 Å². The van der Waals surface area contributed by atoms with Gasteiger partial charge >= 0.3 is 6.18 Å². The molecule has 0 radical (unpaired) electrons. The summed E-state index contributed by atoms with van der Waals surface area (Å²) in [6.45, 7) is 12.0. The highest BCUT2D eigenvalue weighted by molar-refractivity contribution is 5.11. The minimum atomic E-state index is -4.50. The molecule has 0 bridgehead atoms. The highest BCUT2D eigenvalue weighted by Crippen LogP contribution is 2.69.